The molecule has 0 amide bonds. The second kappa shape index (κ2) is 7.22. The van der Waals surface area contributed by atoms with Crippen molar-refractivity contribution in [1.82, 2.24) is 9.88 Å². The van der Waals surface area contributed by atoms with Gasteiger partial charge in [-0.15, -0.1) is 0 Å². The van der Waals surface area contributed by atoms with Gasteiger partial charge in [0.05, 0.1) is 0 Å². The van der Waals surface area contributed by atoms with Crippen molar-refractivity contribution in [2.24, 2.45) is 7.05 Å². The van der Waals surface area contributed by atoms with E-state index in [0.29, 0.717) is 6.04 Å². The number of piperidine rings is 1. The second-order valence-electron chi connectivity index (χ2n) is 6.87. The zero-order valence-electron chi connectivity index (χ0n) is 14.9. The van der Waals surface area contributed by atoms with Gasteiger partial charge in [0.25, 0.3) is 0 Å². The van der Waals surface area contributed by atoms with Crippen LogP contribution >= 0.6 is 0 Å². The van der Waals surface area contributed by atoms with E-state index in [4.69, 9.17) is 0 Å². The third-order valence-corrected chi connectivity index (χ3v) is 4.95. The van der Waals surface area contributed by atoms with Gasteiger partial charge in [0.1, 0.15) is 0 Å². The molecule has 0 radical (unpaired) electrons. The summed E-state index contributed by atoms with van der Waals surface area (Å²) in [5.74, 6) is 0.128. The Morgan fingerprint density at radius 2 is 2.00 bits per heavy atom. The summed E-state index contributed by atoms with van der Waals surface area (Å²) in [7, 11) is 2.00. The Morgan fingerprint density at radius 3 is 2.62 bits per heavy atom. The van der Waals surface area contributed by atoms with Crippen LogP contribution in [0.4, 0.5) is 5.69 Å². The van der Waals surface area contributed by atoms with Crippen molar-refractivity contribution >= 4 is 11.5 Å². The van der Waals surface area contributed by atoms with E-state index in [-0.39, 0.29) is 5.78 Å². The standard InChI is InChI=1S/C20H27N3O/c1-15-5-4-6-19(11-15)23-9-7-18(8-10-23)21-13-20-12-17(16(2)24)14-22(20)3/h4-6,11-12,14,18,21H,7-10,13H2,1-3H3. The van der Waals surface area contributed by atoms with Crippen LogP contribution in [0, 0.1) is 6.92 Å². The van der Waals surface area contributed by atoms with Crippen molar-refractivity contribution in [3.8, 4) is 0 Å². The van der Waals surface area contributed by atoms with Gasteiger partial charge in [-0.25, -0.2) is 0 Å². The number of rotatable bonds is 5. The molecule has 128 valence electrons. The molecule has 0 unspecified atom stereocenters. The third kappa shape index (κ3) is 3.88. The van der Waals surface area contributed by atoms with Crippen molar-refractivity contribution < 1.29 is 4.79 Å². The number of hydrogen-bond donors (Lipinski definition) is 1. The quantitative estimate of drug-likeness (QED) is 0.857. The molecule has 1 fully saturated rings. The van der Waals surface area contributed by atoms with Gasteiger partial charge in [0.15, 0.2) is 5.78 Å². The summed E-state index contributed by atoms with van der Waals surface area (Å²) in [5, 5.41) is 3.66. The maximum Gasteiger partial charge on any atom is 0.161 e. The summed E-state index contributed by atoms with van der Waals surface area (Å²) in [4.78, 5) is 13.9. The predicted octanol–water partition coefficient (Wildman–Crippen LogP) is 3.29. The van der Waals surface area contributed by atoms with Crippen LogP contribution in [-0.2, 0) is 13.6 Å². The normalized spacial score (nSPS) is 15.7. The zero-order valence-corrected chi connectivity index (χ0v) is 14.9. The Morgan fingerprint density at radius 1 is 1.25 bits per heavy atom. The number of ketones is 1. The molecule has 2 heterocycles. The zero-order chi connectivity index (χ0) is 17.1. The van der Waals surface area contributed by atoms with Crippen molar-refractivity contribution in [2.75, 3.05) is 18.0 Å². The van der Waals surface area contributed by atoms with E-state index in [9.17, 15) is 4.79 Å². The van der Waals surface area contributed by atoms with Crippen LogP contribution in [0.1, 0.15) is 41.4 Å². The highest BCUT2D eigenvalue weighted by atomic mass is 16.1. The van der Waals surface area contributed by atoms with E-state index in [1.54, 1.807) is 6.92 Å². The highest BCUT2D eigenvalue weighted by Gasteiger charge is 2.19. The first-order valence-electron chi connectivity index (χ1n) is 8.74. The van der Waals surface area contributed by atoms with Crippen LogP contribution in [0.3, 0.4) is 0 Å². The Bertz CT molecular complexity index is 711. The molecule has 1 aliphatic heterocycles. The summed E-state index contributed by atoms with van der Waals surface area (Å²) in [5.41, 5.74) is 4.62. The number of aromatic nitrogens is 1. The summed E-state index contributed by atoms with van der Waals surface area (Å²) < 4.78 is 2.05. The van der Waals surface area contributed by atoms with Crippen molar-refractivity contribution in [1.29, 1.82) is 0 Å². The summed E-state index contributed by atoms with van der Waals surface area (Å²) >= 11 is 0. The molecule has 1 aliphatic rings. The molecule has 24 heavy (non-hydrogen) atoms. The predicted molar refractivity (Wildman–Crippen MR) is 98.7 cm³/mol. The SMILES string of the molecule is CC(=O)c1cc(CNC2CCN(c3cccc(C)c3)CC2)n(C)c1. The lowest BCUT2D eigenvalue weighted by molar-refractivity contribution is 0.101. The fourth-order valence-corrected chi connectivity index (χ4v) is 3.39. The minimum Gasteiger partial charge on any atom is -0.371 e. The van der Waals surface area contributed by atoms with E-state index in [2.05, 4.69) is 41.4 Å². The van der Waals surface area contributed by atoms with Gasteiger partial charge >= 0.3 is 0 Å². The monoisotopic (exact) mass is 325 g/mol. The molecule has 0 spiro atoms. The van der Waals surface area contributed by atoms with E-state index in [1.807, 2.05) is 23.9 Å². The van der Waals surface area contributed by atoms with Crippen LogP contribution in [0.15, 0.2) is 36.5 Å². The van der Waals surface area contributed by atoms with Gasteiger partial charge in [-0.2, -0.15) is 0 Å². The van der Waals surface area contributed by atoms with Gasteiger partial charge in [0, 0.05) is 55.9 Å². The fraction of sp³-hybridized carbons (Fsp3) is 0.450. The second-order valence-corrected chi connectivity index (χ2v) is 6.87. The first-order chi connectivity index (χ1) is 11.5. The number of carbonyl (C=O) groups is 1. The number of nitrogens with one attached hydrogen (secondary N) is 1. The Hall–Kier alpha value is -2.07. The van der Waals surface area contributed by atoms with E-state index in [0.717, 1.165) is 38.0 Å². The Balaban J connectivity index is 1.51. The molecule has 4 nitrogen and oxygen atoms in total. The summed E-state index contributed by atoms with van der Waals surface area (Å²) in [6.45, 7) is 6.76. The molecule has 4 heteroatoms. The average molecular weight is 325 g/mol. The topological polar surface area (TPSA) is 37.3 Å². The highest BCUT2D eigenvalue weighted by Crippen LogP contribution is 2.21. The molecule has 1 aromatic carbocycles. The lowest BCUT2D eigenvalue weighted by atomic mass is 10.0. The molecule has 3 rings (SSSR count). The summed E-state index contributed by atoms with van der Waals surface area (Å²) in [6.07, 6.45) is 4.22. The largest absolute Gasteiger partial charge is 0.371 e. The van der Waals surface area contributed by atoms with Gasteiger partial charge in [0.2, 0.25) is 0 Å². The van der Waals surface area contributed by atoms with Crippen LogP contribution in [0.2, 0.25) is 0 Å². The number of anilines is 1. The molecule has 0 bridgehead atoms. The molecular weight excluding hydrogens is 298 g/mol. The van der Waals surface area contributed by atoms with E-state index < -0.39 is 0 Å². The number of nitrogens with zero attached hydrogens (tertiary/aromatic N) is 2. The van der Waals surface area contributed by atoms with Crippen LogP contribution in [0.5, 0.6) is 0 Å². The van der Waals surface area contributed by atoms with Gasteiger partial charge in [-0.3, -0.25) is 4.79 Å². The molecule has 0 aliphatic carbocycles. The van der Waals surface area contributed by atoms with E-state index >= 15 is 0 Å². The average Bonchev–Trinajstić information content (AvgIpc) is 2.95. The fourth-order valence-electron chi connectivity index (χ4n) is 3.39. The molecule has 0 saturated carbocycles. The van der Waals surface area contributed by atoms with Gasteiger partial charge in [-0.05, 0) is 50.5 Å². The van der Waals surface area contributed by atoms with Crippen LogP contribution < -0.4 is 10.2 Å². The molecule has 1 aromatic heterocycles. The first kappa shape index (κ1) is 16.8. The smallest absolute Gasteiger partial charge is 0.161 e. The molecular formula is C20H27N3O. The molecule has 0 atom stereocenters. The first-order valence-corrected chi connectivity index (χ1v) is 8.74. The number of hydrogen-bond acceptors (Lipinski definition) is 3. The number of Topliss-reactive ketones (excluding diaryl/α,β-unsaturated/α-hetero) is 1. The van der Waals surface area contributed by atoms with E-state index in [1.165, 1.54) is 16.9 Å². The minimum atomic E-state index is 0.128. The minimum absolute atomic E-state index is 0.128. The number of benzene rings is 1. The lowest BCUT2D eigenvalue weighted by Gasteiger charge is -2.34. The van der Waals surface area contributed by atoms with Gasteiger partial charge in [-0.1, -0.05) is 12.1 Å². The highest BCUT2D eigenvalue weighted by molar-refractivity contribution is 5.94. The Kier molecular flexibility index (Phi) is 5.05. The van der Waals surface area contributed by atoms with Crippen LogP contribution in [0.25, 0.3) is 0 Å². The van der Waals surface area contributed by atoms with Crippen molar-refractivity contribution in [2.45, 2.75) is 39.3 Å². The number of carbonyl (C=O) groups excluding carboxylic acids is 1. The Labute approximate surface area is 144 Å². The maximum atomic E-state index is 11.5. The molecule has 1 N–H and O–H groups in total. The molecule has 2 aromatic rings. The number of aryl methyl sites for hydroxylation is 2. The van der Waals surface area contributed by atoms with Crippen molar-refractivity contribution in [3.05, 3.63) is 53.3 Å². The van der Waals surface area contributed by atoms with Crippen LogP contribution in [-0.4, -0.2) is 29.5 Å². The maximum absolute atomic E-state index is 11.5. The van der Waals surface area contributed by atoms with Gasteiger partial charge < -0.3 is 14.8 Å². The third-order valence-electron chi connectivity index (χ3n) is 4.95. The molecule has 1 saturated heterocycles. The summed E-state index contributed by atoms with van der Waals surface area (Å²) in [6, 6.07) is 11.3. The lowest BCUT2D eigenvalue weighted by Crippen LogP contribution is -2.42. The van der Waals surface area contributed by atoms with Crippen molar-refractivity contribution in [3.63, 3.8) is 0 Å².